The molecule has 1 unspecified atom stereocenters. The zero-order valence-electron chi connectivity index (χ0n) is 15.6. The van der Waals surface area contributed by atoms with Crippen molar-refractivity contribution in [2.24, 2.45) is 0 Å². The molecule has 0 bridgehead atoms. The number of amides is 1. The van der Waals surface area contributed by atoms with Gasteiger partial charge >= 0.3 is 0 Å². The summed E-state index contributed by atoms with van der Waals surface area (Å²) in [7, 11) is 1.52. The molecule has 1 aliphatic rings. The highest BCUT2D eigenvalue weighted by molar-refractivity contribution is 6.00. The summed E-state index contributed by atoms with van der Waals surface area (Å²) < 4.78 is 6.37. The Bertz CT molecular complexity index is 977. The van der Waals surface area contributed by atoms with Gasteiger partial charge in [0.05, 0.1) is 35.7 Å². The van der Waals surface area contributed by atoms with Crippen LogP contribution in [0, 0.1) is 6.92 Å². The fraction of sp³-hybridized carbons (Fsp3) is 0.400. The van der Waals surface area contributed by atoms with Gasteiger partial charge in [0, 0.05) is 13.5 Å². The third-order valence-corrected chi connectivity index (χ3v) is 4.79. The number of fused-ring (bicyclic) bond motifs is 1. The van der Waals surface area contributed by atoms with Crippen LogP contribution >= 0.6 is 0 Å². The van der Waals surface area contributed by atoms with Crippen molar-refractivity contribution in [1.82, 2.24) is 9.55 Å². The van der Waals surface area contributed by atoms with Crippen molar-refractivity contribution in [2.45, 2.75) is 38.6 Å². The minimum absolute atomic E-state index is 0.0285. The summed E-state index contributed by atoms with van der Waals surface area (Å²) in [6.07, 6.45) is 1.71. The third kappa shape index (κ3) is 3.83. The number of anilines is 1. The van der Waals surface area contributed by atoms with Crippen LogP contribution in [0.3, 0.4) is 0 Å². The SMILES string of the molecule is C=C1CCC(n2c(C)nc3cccc(NC(=O)CCOC)c3c2=O)C(=O)C1. The number of hydrogen-bond acceptors (Lipinski definition) is 5. The van der Waals surface area contributed by atoms with E-state index in [2.05, 4.69) is 16.9 Å². The van der Waals surface area contributed by atoms with Crippen LogP contribution in [0.15, 0.2) is 35.1 Å². The Morgan fingerprint density at radius 1 is 1.41 bits per heavy atom. The molecule has 0 saturated heterocycles. The number of benzene rings is 1. The second-order valence-corrected chi connectivity index (χ2v) is 6.77. The molecule has 1 fully saturated rings. The van der Waals surface area contributed by atoms with Crippen molar-refractivity contribution < 1.29 is 14.3 Å². The largest absolute Gasteiger partial charge is 0.384 e. The monoisotopic (exact) mass is 369 g/mol. The maximum atomic E-state index is 13.3. The number of methoxy groups -OCH3 is 1. The van der Waals surface area contributed by atoms with E-state index in [9.17, 15) is 14.4 Å². The summed E-state index contributed by atoms with van der Waals surface area (Å²) in [4.78, 5) is 42.4. The first-order valence-corrected chi connectivity index (χ1v) is 8.92. The van der Waals surface area contributed by atoms with Gasteiger partial charge in [0.2, 0.25) is 5.91 Å². The molecule has 1 aromatic carbocycles. The van der Waals surface area contributed by atoms with Gasteiger partial charge in [0.25, 0.3) is 5.56 Å². The molecule has 7 nitrogen and oxygen atoms in total. The summed E-state index contributed by atoms with van der Waals surface area (Å²) in [6.45, 7) is 5.89. The normalized spacial score (nSPS) is 17.3. The van der Waals surface area contributed by atoms with E-state index in [1.54, 1.807) is 25.1 Å². The number of nitrogens with zero attached hydrogens (tertiary/aromatic N) is 2. The average Bonchev–Trinajstić information content (AvgIpc) is 2.61. The Morgan fingerprint density at radius 3 is 2.89 bits per heavy atom. The Morgan fingerprint density at radius 2 is 2.19 bits per heavy atom. The molecule has 1 saturated carbocycles. The van der Waals surface area contributed by atoms with Crippen LogP contribution in [-0.4, -0.2) is 35.0 Å². The lowest BCUT2D eigenvalue weighted by atomic mass is 9.90. The number of hydrogen-bond donors (Lipinski definition) is 1. The average molecular weight is 369 g/mol. The van der Waals surface area contributed by atoms with E-state index >= 15 is 0 Å². The van der Waals surface area contributed by atoms with E-state index in [4.69, 9.17) is 4.74 Å². The summed E-state index contributed by atoms with van der Waals surface area (Å²) in [5, 5.41) is 3.07. The van der Waals surface area contributed by atoms with Crippen molar-refractivity contribution in [3.05, 3.63) is 46.5 Å². The minimum atomic E-state index is -0.544. The third-order valence-electron chi connectivity index (χ3n) is 4.79. The molecule has 0 radical (unpaired) electrons. The number of rotatable bonds is 5. The van der Waals surface area contributed by atoms with Crippen molar-refractivity contribution in [3.63, 3.8) is 0 Å². The quantitative estimate of drug-likeness (QED) is 0.818. The Hall–Kier alpha value is -2.80. The highest BCUT2D eigenvalue weighted by atomic mass is 16.5. The van der Waals surface area contributed by atoms with Crippen LogP contribution < -0.4 is 10.9 Å². The lowest BCUT2D eigenvalue weighted by molar-refractivity contribution is -0.122. The molecule has 7 heteroatoms. The molecule has 1 amide bonds. The van der Waals surface area contributed by atoms with Gasteiger partial charge in [-0.2, -0.15) is 0 Å². The van der Waals surface area contributed by atoms with Crippen LogP contribution in [0.1, 0.15) is 37.5 Å². The van der Waals surface area contributed by atoms with Gasteiger partial charge < -0.3 is 10.1 Å². The van der Waals surface area contributed by atoms with Crippen molar-refractivity contribution in [3.8, 4) is 0 Å². The van der Waals surface area contributed by atoms with Gasteiger partial charge in [0.15, 0.2) is 5.78 Å². The standard InChI is InChI=1S/C20H23N3O4/c1-12-7-8-16(17(24)11-12)23-13(2)21-14-5-4-6-15(19(14)20(23)26)22-18(25)9-10-27-3/h4-6,16H,1,7-11H2,2-3H3,(H,22,25). The second-order valence-electron chi connectivity index (χ2n) is 6.77. The molecule has 27 heavy (non-hydrogen) atoms. The smallest absolute Gasteiger partial charge is 0.264 e. The van der Waals surface area contributed by atoms with Gasteiger partial charge in [-0.25, -0.2) is 4.98 Å². The first kappa shape index (κ1) is 19.0. The van der Waals surface area contributed by atoms with E-state index in [-0.39, 0.29) is 30.1 Å². The number of aromatic nitrogens is 2. The number of nitrogens with one attached hydrogen (secondary N) is 1. The van der Waals surface area contributed by atoms with Crippen molar-refractivity contribution >= 4 is 28.3 Å². The topological polar surface area (TPSA) is 90.3 Å². The van der Waals surface area contributed by atoms with E-state index in [1.165, 1.54) is 11.7 Å². The summed E-state index contributed by atoms with van der Waals surface area (Å²) in [5.41, 5.74) is 1.46. The van der Waals surface area contributed by atoms with Gasteiger partial charge in [-0.1, -0.05) is 18.2 Å². The number of ether oxygens (including phenoxy) is 1. The summed E-state index contributed by atoms with van der Waals surface area (Å²) in [5.74, 6) is 0.210. The number of carbonyl (C=O) groups is 2. The van der Waals surface area contributed by atoms with Crippen LogP contribution in [0.5, 0.6) is 0 Å². The molecule has 0 aliphatic heterocycles. The number of aryl methyl sites for hydroxylation is 1. The maximum absolute atomic E-state index is 13.3. The fourth-order valence-electron chi connectivity index (χ4n) is 3.46. The first-order chi connectivity index (χ1) is 12.9. The molecule has 3 rings (SSSR count). The predicted molar refractivity (Wildman–Crippen MR) is 103 cm³/mol. The number of carbonyl (C=O) groups excluding carboxylic acids is 2. The van der Waals surface area contributed by atoms with Gasteiger partial charge in [-0.15, -0.1) is 0 Å². The first-order valence-electron chi connectivity index (χ1n) is 8.92. The Kier molecular flexibility index (Phi) is 5.51. The van der Waals surface area contributed by atoms with Crippen molar-refractivity contribution in [2.75, 3.05) is 19.0 Å². The molecule has 0 spiro atoms. The second kappa shape index (κ2) is 7.84. The Labute approximate surface area is 157 Å². The van der Waals surface area contributed by atoms with E-state index in [1.807, 2.05) is 0 Å². The molecule has 1 atom stereocenters. The minimum Gasteiger partial charge on any atom is -0.384 e. The molecule has 142 valence electrons. The molecule has 1 N–H and O–H groups in total. The number of allylic oxidation sites excluding steroid dienone is 1. The van der Waals surface area contributed by atoms with Gasteiger partial charge in [-0.05, 0) is 31.9 Å². The van der Waals surface area contributed by atoms with Gasteiger partial charge in [0.1, 0.15) is 5.82 Å². The Balaban J connectivity index is 2.08. The highest BCUT2D eigenvalue weighted by Gasteiger charge is 2.28. The molecular weight excluding hydrogens is 346 g/mol. The van der Waals surface area contributed by atoms with E-state index in [0.717, 1.165) is 5.57 Å². The van der Waals surface area contributed by atoms with Crippen LogP contribution in [-0.2, 0) is 14.3 Å². The lowest BCUT2D eigenvalue weighted by Gasteiger charge is -2.26. The van der Waals surface area contributed by atoms with E-state index in [0.29, 0.717) is 41.9 Å². The zero-order valence-corrected chi connectivity index (χ0v) is 15.6. The highest BCUT2D eigenvalue weighted by Crippen LogP contribution is 2.29. The fourth-order valence-corrected chi connectivity index (χ4v) is 3.46. The lowest BCUT2D eigenvalue weighted by Crippen LogP contribution is -2.35. The maximum Gasteiger partial charge on any atom is 0.264 e. The molecular formula is C20H23N3O4. The van der Waals surface area contributed by atoms with Crippen LogP contribution in [0.2, 0.25) is 0 Å². The number of Topliss-reactive ketones (excluding diaryl/α,β-unsaturated/α-hetero) is 1. The van der Waals surface area contributed by atoms with Gasteiger partial charge in [-0.3, -0.25) is 19.0 Å². The zero-order chi connectivity index (χ0) is 19.6. The predicted octanol–water partition coefficient (Wildman–Crippen LogP) is 2.53. The number of ketones is 1. The molecule has 1 aromatic heterocycles. The van der Waals surface area contributed by atoms with Crippen molar-refractivity contribution in [1.29, 1.82) is 0 Å². The summed E-state index contributed by atoms with van der Waals surface area (Å²) >= 11 is 0. The van der Waals surface area contributed by atoms with Crippen LogP contribution in [0.4, 0.5) is 5.69 Å². The molecule has 2 aromatic rings. The summed E-state index contributed by atoms with van der Waals surface area (Å²) in [6, 6.07) is 4.58. The molecule has 1 heterocycles. The van der Waals surface area contributed by atoms with E-state index < -0.39 is 6.04 Å². The molecule has 1 aliphatic carbocycles. The van der Waals surface area contributed by atoms with Crippen LogP contribution in [0.25, 0.3) is 10.9 Å².